The van der Waals surface area contributed by atoms with E-state index in [1.807, 2.05) is 0 Å². The van der Waals surface area contributed by atoms with Crippen LogP contribution in [0.1, 0.15) is 26.7 Å². The summed E-state index contributed by atoms with van der Waals surface area (Å²) in [4.78, 5) is 20.9. The van der Waals surface area contributed by atoms with Crippen LogP contribution in [0.2, 0.25) is 0 Å². The Morgan fingerprint density at radius 2 is 1.81 bits per heavy atom. The summed E-state index contributed by atoms with van der Waals surface area (Å²) in [6.45, 7) is 3.23. The number of carboxylic acid groups (broad SMARTS) is 1. The lowest BCUT2D eigenvalue weighted by molar-refractivity contribution is -0.174. The minimum atomic E-state index is -4.93. The zero-order valence-corrected chi connectivity index (χ0v) is 8.97. The Bertz CT molecular complexity index is 263. The van der Waals surface area contributed by atoms with Crippen LogP contribution in [0.5, 0.6) is 0 Å². The quantitative estimate of drug-likeness (QED) is 0.767. The number of halogens is 3. The number of nitrogens with one attached hydrogen (secondary N) is 1. The first kappa shape index (κ1) is 14.7. The van der Waals surface area contributed by atoms with Crippen LogP contribution in [0.4, 0.5) is 13.2 Å². The van der Waals surface area contributed by atoms with Gasteiger partial charge in [0.15, 0.2) is 0 Å². The lowest BCUT2D eigenvalue weighted by atomic mass is 9.99. The number of carboxylic acids is 1. The molecule has 4 nitrogen and oxygen atoms in total. The Kier molecular flexibility index (Phi) is 5.26. The van der Waals surface area contributed by atoms with Crippen molar-refractivity contribution < 1.29 is 27.9 Å². The Morgan fingerprint density at radius 1 is 1.31 bits per heavy atom. The van der Waals surface area contributed by atoms with Gasteiger partial charge < -0.3 is 10.4 Å². The van der Waals surface area contributed by atoms with Gasteiger partial charge in [0.2, 0.25) is 0 Å². The summed E-state index contributed by atoms with van der Waals surface area (Å²) in [5.41, 5.74) is 0. The fraction of sp³-hybridized carbons (Fsp3) is 0.778. The standard InChI is InChI=1S/C9H14F3NO3/c1-5(2)6(3-4-7(14)15)13-8(16)9(10,11)12/h5-6H,3-4H2,1-2H3,(H,13,16)(H,14,15). The van der Waals surface area contributed by atoms with E-state index in [9.17, 15) is 22.8 Å². The van der Waals surface area contributed by atoms with Crippen molar-refractivity contribution in [3.63, 3.8) is 0 Å². The van der Waals surface area contributed by atoms with Crippen molar-refractivity contribution in [2.45, 2.75) is 38.9 Å². The number of hydrogen-bond donors (Lipinski definition) is 2. The van der Waals surface area contributed by atoms with E-state index in [1.54, 1.807) is 19.2 Å². The fourth-order valence-electron chi connectivity index (χ4n) is 1.10. The highest BCUT2D eigenvalue weighted by Crippen LogP contribution is 2.17. The van der Waals surface area contributed by atoms with Crippen molar-refractivity contribution in [1.82, 2.24) is 5.32 Å². The van der Waals surface area contributed by atoms with Crippen LogP contribution in [0.25, 0.3) is 0 Å². The predicted octanol–water partition coefficient (Wildman–Crippen LogP) is 1.55. The highest BCUT2D eigenvalue weighted by molar-refractivity contribution is 5.82. The summed E-state index contributed by atoms with van der Waals surface area (Å²) in [6, 6.07) is -0.787. The Labute approximate surface area is 90.8 Å². The molecule has 0 aromatic heterocycles. The van der Waals surface area contributed by atoms with Crippen LogP contribution in [0.15, 0.2) is 0 Å². The van der Waals surface area contributed by atoms with Gasteiger partial charge in [0.1, 0.15) is 0 Å². The molecular weight excluding hydrogens is 227 g/mol. The molecule has 7 heteroatoms. The molecule has 0 saturated heterocycles. The number of aliphatic carboxylic acids is 1. The van der Waals surface area contributed by atoms with E-state index in [-0.39, 0.29) is 18.8 Å². The summed E-state index contributed by atoms with van der Waals surface area (Å²) < 4.78 is 35.8. The van der Waals surface area contributed by atoms with E-state index >= 15 is 0 Å². The van der Waals surface area contributed by atoms with Crippen LogP contribution in [-0.4, -0.2) is 29.2 Å². The third-order valence-electron chi connectivity index (χ3n) is 2.05. The summed E-state index contributed by atoms with van der Waals surface area (Å²) >= 11 is 0. The molecule has 94 valence electrons. The fourth-order valence-corrected chi connectivity index (χ4v) is 1.10. The average molecular weight is 241 g/mol. The van der Waals surface area contributed by atoms with Gasteiger partial charge in [-0.2, -0.15) is 13.2 Å². The lowest BCUT2D eigenvalue weighted by Crippen LogP contribution is -2.45. The molecule has 1 amide bonds. The van der Waals surface area contributed by atoms with Gasteiger partial charge in [-0.3, -0.25) is 9.59 Å². The summed E-state index contributed by atoms with van der Waals surface area (Å²) in [7, 11) is 0. The van der Waals surface area contributed by atoms with Crippen LogP contribution < -0.4 is 5.32 Å². The second-order valence-electron chi connectivity index (χ2n) is 3.75. The average Bonchev–Trinajstić information content (AvgIpc) is 2.09. The molecule has 16 heavy (non-hydrogen) atoms. The molecule has 0 radical (unpaired) electrons. The number of rotatable bonds is 5. The van der Waals surface area contributed by atoms with Crippen LogP contribution >= 0.6 is 0 Å². The van der Waals surface area contributed by atoms with Crippen LogP contribution in [0.3, 0.4) is 0 Å². The zero-order valence-electron chi connectivity index (χ0n) is 8.97. The molecule has 1 atom stereocenters. The monoisotopic (exact) mass is 241 g/mol. The van der Waals surface area contributed by atoms with E-state index in [1.165, 1.54) is 0 Å². The second-order valence-corrected chi connectivity index (χ2v) is 3.75. The minimum absolute atomic E-state index is 0.0190. The zero-order chi connectivity index (χ0) is 12.9. The van der Waals surface area contributed by atoms with Gasteiger partial charge in [-0.05, 0) is 12.3 Å². The molecule has 0 bridgehead atoms. The molecule has 2 N–H and O–H groups in total. The van der Waals surface area contributed by atoms with Gasteiger partial charge in [-0.25, -0.2) is 0 Å². The molecule has 0 aromatic carbocycles. The third-order valence-corrected chi connectivity index (χ3v) is 2.05. The highest BCUT2D eigenvalue weighted by atomic mass is 19.4. The Balaban J connectivity index is 4.35. The van der Waals surface area contributed by atoms with Crippen molar-refractivity contribution in [1.29, 1.82) is 0 Å². The number of carbonyl (C=O) groups excluding carboxylic acids is 1. The number of alkyl halides is 3. The van der Waals surface area contributed by atoms with Gasteiger partial charge in [-0.1, -0.05) is 13.8 Å². The van der Waals surface area contributed by atoms with Crippen LogP contribution in [0, 0.1) is 5.92 Å². The van der Waals surface area contributed by atoms with Gasteiger partial charge in [0.05, 0.1) is 0 Å². The molecule has 0 rings (SSSR count). The molecule has 0 aliphatic carbocycles. The largest absolute Gasteiger partial charge is 0.481 e. The van der Waals surface area contributed by atoms with Gasteiger partial charge in [0, 0.05) is 12.5 Å². The van der Waals surface area contributed by atoms with Crippen molar-refractivity contribution in [2.24, 2.45) is 5.92 Å². The van der Waals surface area contributed by atoms with Gasteiger partial charge >= 0.3 is 18.1 Å². The van der Waals surface area contributed by atoms with Crippen LogP contribution in [-0.2, 0) is 9.59 Å². The number of carbonyl (C=O) groups is 2. The maximum Gasteiger partial charge on any atom is 0.471 e. The molecule has 0 aliphatic heterocycles. The van der Waals surface area contributed by atoms with E-state index < -0.39 is 24.1 Å². The Hall–Kier alpha value is -1.27. The SMILES string of the molecule is CC(C)C(CCC(=O)O)NC(=O)C(F)(F)F. The van der Waals surface area contributed by atoms with Crippen molar-refractivity contribution in [3.05, 3.63) is 0 Å². The molecule has 0 spiro atoms. The molecule has 0 saturated carbocycles. The molecule has 1 unspecified atom stereocenters. The van der Waals surface area contributed by atoms with E-state index in [0.717, 1.165) is 0 Å². The summed E-state index contributed by atoms with van der Waals surface area (Å²) in [5, 5.41) is 10.2. The highest BCUT2D eigenvalue weighted by Gasteiger charge is 2.40. The maximum absolute atomic E-state index is 11.9. The van der Waals surface area contributed by atoms with Gasteiger partial charge in [-0.15, -0.1) is 0 Å². The predicted molar refractivity (Wildman–Crippen MR) is 49.7 cm³/mol. The molecular formula is C9H14F3NO3. The molecule has 0 fully saturated rings. The lowest BCUT2D eigenvalue weighted by Gasteiger charge is -2.22. The second kappa shape index (κ2) is 5.72. The number of amides is 1. The van der Waals surface area contributed by atoms with E-state index in [0.29, 0.717) is 0 Å². The first-order valence-electron chi connectivity index (χ1n) is 4.74. The molecule has 0 aromatic rings. The maximum atomic E-state index is 11.9. The minimum Gasteiger partial charge on any atom is -0.481 e. The molecule has 0 heterocycles. The smallest absolute Gasteiger partial charge is 0.471 e. The van der Waals surface area contributed by atoms with Crippen molar-refractivity contribution in [3.8, 4) is 0 Å². The molecule has 0 aliphatic rings. The summed E-state index contributed by atoms with van der Waals surface area (Å²) in [6.07, 6.45) is -5.23. The topological polar surface area (TPSA) is 66.4 Å². The first-order chi connectivity index (χ1) is 7.14. The Morgan fingerprint density at radius 3 is 2.12 bits per heavy atom. The van der Waals surface area contributed by atoms with Crippen molar-refractivity contribution >= 4 is 11.9 Å². The first-order valence-corrected chi connectivity index (χ1v) is 4.74. The summed E-state index contributed by atoms with van der Waals surface area (Å²) in [5.74, 6) is -3.39. The number of hydrogen-bond acceptors (Lipinski definition) is 2. The third kappa shape index (κ3) is 5.57. The van der Waals surface area contributed by atoms with E-state index in [2.05, 4.69) is 0 Å². The van der Waals surface area contributed by atoms with E-state index in [4.69, 9.17) is 5.11 Å². The normalized spacial score (nSPS) is 13.6. The van der Waals surface area contributed by atoms with Gasteiger partial charge in [0.25, 0.3) is 0 Å². The van der Waals surface area contributed by atoms with Crippen molar-refractivity contribution in [2.75, 3.05) is 0 Å².